The highest BCUT2D eigenvalue weighted by atomic mass is 16.7. The van der Waals surface area contributed by atoms with Crippen molar-refractivity contribution in [1.82, 2.24) is 20.6 Å². The Morgan fingerprint density at radius 2 is 1.91 bits per heavy atom. The van der Waals surface area contributed by atoms with Gasteiger partial charge in [0.1, 0.15) is 6.61 Å². The molecule has 1 aliphatic carbocycles. The molecule has 3 rings (SSSR count). The molecule has 4 amide bonds. The number of carbonyl (C=O) groups excluding carboxylic acids is 4. The molecule has 2 saturated heterocycles. The van der Waals surface area contributed by atoms with Gasteiger partial charge in [-0.3, -0.25) is 9.59 Å². The Labute approximate surface area is 187 Å². The van der Waals surface area contributed by atoms with Crippen molar-refractivity contribution in [1.29, 1.82) is 0 Å². The summed E-state index contributed by atoms with van der Waals surface area (Å²) in [6.45, 7) is 5.20. The number of hydroxylamine groups is 2. The number of carbonyl (C=O) groups is 4. The lowest BCUT2D eigenvalue weighted by atomic mass is 9.97. The minimum atomic E-state index is -0.783. The highest BCUT2D eigenvalue weighted by molar-refractivity contribution is 6.01. The van der Waals surface area contributed by atoms with Crippen LogP contribution in [0.1, 0.15) is 45.4 Å². The molecule has 0 aromatic rings. The minimum Gasteiger partial charge on any atom is -0.445 e. The first kappa shape index (κ1) is 23.8. The number of alkyl carbamates (subject to hydrolysis) is 1. The maximum Gasteiger partial charge on any atom is 0.432 e. The standard InChI is InChI=1S/C22H32N4O6/c1-16-4-2-5-17(14-16)15-31-21(29)23-10-13-25-11-3-6-18(9-12-25)24-22(30)32-26-19(27)7-8-20(26)28/h2,4-5,16,18H,3,6-15H2,1H3,(H,23,29)(H,24,30)/t16?,18-/m0/s1. The number of likely N-dealkylation sites (tertiary alicyclic amines) is 1. The van der Waals surface area contributed by atoms with Gasteiger partial charge in [0.2, 0.25) is 0 Å². The summed E-state index contributed by atoms with van der Waals surface area (Å²) >= 11 is 0. The Hall–Kier alpha value is -2.88. The van der Waals surface area contributed by atoms with Crippen LogP contribution in [0.4, 0.5) is 9.59 Å². The van der Waals surface area contributed by atoms with E-state index in [1.807, 2.05) is 12.2 Å². The fourth-order valence-corrected chi connectivity index (χ4v) is 4.02. The van der Waals surface area contributed by atoms with E-state index in [1.54, 1.807) is 0 Å². The summed E-state index contributed by atoms with van der Waals surface area (Å²) in [4.78, 5) is 54.1. The number of nitrogens with zero attached hydrogens (tertiary/aromatic N) is 2. The zero-order chi connectivity index (χ0) is 22.9. The second kappa shape index (κ2) is 11.7. The normalized spacial score (nSPS) is 24.0. The summed E-state index contributed by atoms with van der Waals surface area (Å²) in [6, 6.07) is -0.0987. The van der Waals surface area contributed by atoms with Gasteiger partial charge in [-0.1, -0.05) is 25.2 Å². The van der Waals surface area contributed by atoms with Crippen LogP contribution in [0.15, 0.2) is 23.8 Å². The molecule has 10 nitrogen and oxygen atoms in total. The van der Waals surface area contributed by atoms with Crippen LogP contribution in [-0.2, 0) is 19.2 Å². The molecular weight excluding hydrogens is 416 g/mol. The van der Waals surface area contributed by atoms with Gasteiger partial charge in [0.25, 0.3) is 11.8 Å². The van der Waals surface area contributed by atoms with Gasteiger partial charge in [-0.15, -0.1) is 5.06 Å². The molecule has 2 aliphatic heterocycles. The molecule has 0 aromatic carbocycles. The van der Waals surface area contributed by atoms with Crippen LogP contribution in [-0.4, -0.2) is 72.8 Å². The molecule has 2 N–H and O–H groups in total. The van der Waals surface area contributed by atoms with E-state index in [0.29, 0.717) is 37.1 Å². The molecular formula is C22H32N4O6. The molecule has 176 valence electrons. The summed E-state index contributed by atoms with van der Waals surface area (Å²) in [7, 11) is 0. The molecule has 10 heteroatoms. The second-order valence-electron chi connectivity index (χ2n) is 8.47. The van der Waals surface area contributed by atoms with Crippen molar-refractivity contribution in [3.8, 4) is 0 Å². The van der Waals surface area contributed by atoms with Crippen molar-refractivity contribution in [2.45, 2.75) is 51.5 Å². The lowest BCUT2D eigenvalue weighted by Crippen LogP contribution is -2.42. The highest BCUT2D eigenvalue weighted by Gasteiger charge is 2.33. The summed E-state index contributed by atoms with van der Waals surface area (Å²) in [5.41, 5.74) is 1.11. The summed E-state index contributed by atoms with van der Waals surface area (Å²) in [5, 5.41) is 6.07. The van der Waals surface area contributed by atoms with Gasteiger partial charge in [0.05, 0.1) is 0 Å². The molecule has 3 aliphatic rings. The lowest BCUT2D eigenvalue weighted by Gasteiger charge is -2.21. The number of nitrogens with one attached hydrogen (secondary N) is 2. The fraction of sp³-hybridized carbons (Fsp3) is 0.636. The van der Waals surface area contributed by atoms with Crippen molar-refractivity contribution in [2.75, 3.05) is 32.8 Å². The van der Waals surface area contributed by atoms with Crippen LogP contribution in [0.5, 0.6) is 0 Å². The van der Waals surface area contributed by atoms with Crippen LogP contribution in [0.2, 0.25) is 0 Å². The first-order chi connectivity index (χ1) is 15.4. The number of imide groups is 1. The third-order valence-electron chi connectivity index (χ3n) is 5.76. The average Bonchev–Trinajstić information content (AvgIpc) is 2.94. The Morgan fingerprint density at radius 3 is 2.66 bits per heavy atom. The molecule has 32 heavy (non-hydrogen) atoms. The van der Waals surface area contributed by atoms with Crippen molar-refractivity contribution in [3.05, 3.63) is 23.8 Å². The Kier molecular flexibility index (Phi) is 8.66. The third kappa shape index (κ3) is 7.37. The summed E-state index contributed by atoms with van der Waals surface area (Å²) in [5.74, 6) is -0.523. The first-order valence-corrected chi connectivity index (χ1v) is 11.2. The zero-order valence-electron chi connectivity index (χ0n) is 18.5. The number of hydrogen-bond donors (Lipinski definition) is 2. The molecule has 0 radical (unpaired) electrons. The van der Waals surface area contributed by atoms with E-state index in [9.17, 15) is 19.2 Å². The Bertz CT molecular complexity index is 764. The number of hydrogen-bond acceptors (Lipinski definition) is 7. The topological polar surface area (TPSA) is 117 Å². The number of amides is 4. The van der Waals surface area contributed by atoms with Crippen molar-refractivity contribution in [2.24, 2.45) is 5.92 Å². The smallest absolute Gasteiger partial charge is 0.432 e. The molecule has 0 bridgehead atoms. The summed E-state index contributed by atoms with van der Waals surface area (Å²) < 4.78 is 5.29. The predicted molar refractivity (Wildman–Crippen MR) is 115 cm³/mol. The van der Waals surface area contributed by atoms with Crippen molar-refractivity contribution < 1.29 is 28.8 Å². The van der Waals surface area contributed by atoms with Crippen LogP contribution in [0, 0.1) is 5.92 Å². The van der Waals surface area contributed by atoms with E-state index in [1.165, 1.54) is 0 Å². The third-order valence-corrected chi connectivity index (χ3v) is 5.76. The van der Waals surface area contributed by atoms with Crippen molar-refractivity contribution in [3.63, 3.8) is 0 Å². The molecule has 2 fully saturated rings. The van der Waals surface area contributed by atoms with Gasteiger partial charge in [-0.2, -0.15) is 0 Å². The molecule has 0 aromatic heterocycles. The van der Waals surface area contributed by atoms with Crippen LogP contribution in [0.25, 0.3) is 0 Å². The van der Waals surface area contributed by atoms with Gasteiger partial charge < -0.3 is 25.1 Å². The maximum absolute atomic E-state index is 12.0. The van der Waals surface area contributed by atoms with Gasteiger partial charge in [-0.25, -0.2) is 9.59 Å². The van der Waals surface area contributed by atoms with Gasteiger partial charge in [0, 0.05) is 38.5 Å². The van der Waals surface area contributed by atoms with E-state index < -0.39 is 24.0 Å². The quantitative estimate of drug-likeness (QED) is 0.571. The molecule has 2 heterocycles. The fourth-order valence-electron chi connectivity index (χ4n) is 4.02. The first-order valence-electron chi connectivity index (χ1n) is 11.2. The maximum atomic E-state index is 12.0. The SMILES string of the molecule is CC1C=CC=C(COC(=O)NCCN2CCC[C@H](NC(=O)ON3C(=O)CCC3=O)CC2)C1. The van der Waals surface area contributed by atoms with E-state index in [4.69, 9.17) is 9.57 Å². The lowest BCUT2D eigenvalue weighted by molar-refractivity contribution is -0.171. The van der Waals surface area contributed by atoms with Crippen LogP contribution >= 0.6 is 0 Å². The number of rotatable bonds is 7. The number of allylic oxidation sites excluding steroid dienone is 3. The second-order valence-corrected chi connectivity index (χ2v) is 8.47. The Morgan fingerprint density at radius 1 is 1.12 bits per heavy atom. The number of ether oxygens (including phenoxy) is 1. The van der Waals surface area contributed by atoms with Gasteiger partial charge in [0.15, 0.2) is 0 Å². The molecule has 1 unspecified atom stereocenters. The minimum absolute atomic E-state index is 0.0699. The van der Waals surface area contributed by atoms with Gasteiger partial charge >= 0.3 is 12.2 Å². The van der Waals surface area contributed by atoms with E-state index >= 15 is 0 Å². The predicted octanol–water partition coefficient (Wildman–Crippen LogP) is 1.88. The van der Waals surface area contributed by atoms with E-state index in [-0.39, 0.29) is 18.9 Å². The molecule has 0 saturated carbocycles. The van der Waals surface area contributed by atoms with Crippen LogP contribution < -0.4 is 10.6 Å². The van der Waals surface area contributed by atoms with Gasteiger partial charge in [-0.05, 0) is 43.7 Å². The zero-order valence-corrected chi connectivity index (χ0v) is 18.5. The average molecular weight is 449 g/mol. The summed E-state index contributed by atoms with van der Waals surface area (Å²) in [6.07, 6.45) is 8.31. The van der Waals surface area contributed by atoms with Crippen molar-refractivity contribution >= 4 is 24.0 Å². The highest BCUT2D eigenvalue weighted by Crippen LogP contribution is 2.18. The van der Waals surface area contributed by atoms with E-state index in [2.05, 4.69) is 28.5 Å². The molecule has 2 atom stereocenters. The largest absolute Gasteiger partial charge is 0.445 e. The van der Waals surface area contributed by atoms with Crippen LogP contribution in [0.3, 0.4) is 0 Å². The molecule has 0 spiro atoms. The monoisotopic (exact) mass is 448 g/mol. The Balaban J connectivity index is 1.29. The van der Waals surface area contributed by atoms with E-state index in [0.717, 1.165) is 37.9 Å².